The van der Waals surface area contributed by atoms with Gasteiger partial charge in [-0.3, -0.25) is 4.90 Å². The van der Waals surface area contributed by atoms with Gasteiger partial charge in [-0.25, -0.2) is 9.97 Å². The van der Waals surface area contributed by atoms with E-state index in [0.717, 1.165) is 16.0 Å². The average molecular weight is 471 g/mol. The zero-order valence-corrected chi connectivity index (χ0v) is 20.0. The monoisotopic (exact) mass is 470 g/mol. The van der Waals surface area contributed by atoms with Crippen molar-refractivity contribution in [2.45, 2.75) is 46.8 Å². The number of nitrogens with zero attached hydrogens (tertiary/aromatic N) is 3. The number of aromatic nitrogens is 2. The molecule has 2 aromatic carbocycles. The highest BCUT2D eigenvalue weighted by atomic mass is 19.4. The third kappa shape index (κ3) is 5.68. The lowest BCUT2D eigenvalue weighted by molar-refractivity contribution is -0.0934. The lowest BCUT2D eigenvalue weighted by Gasteiger charge is -2.31. The van der Waals surface area contributed by atoms with Gasteiger partial charge in [-0.05, 0) is 67.7 Å². The molecule has 180 valence electrons. The van der Waals surface area contributed by atoms with Crippen LogP contribution >= 0.6 is 0 Å². The zero-order valence-electron chi connectivity index (χ0n) is 20.0. The van der Waals surface area contributed by atoms with Crippen molar-refractivity contribution < 1.29 is 17.9 Å². The first kappa shape index (κ1) is 25.1. The minimum absolute atomic E-state index is 0.0785. The van der Waals surface area contributed by atoms with Gasteiger partial charge in [0.1, 0.15) is 17.3 Å². The predicted octanol–water partition coefficient (Wildman–Crippen LogP) is 7.10. The molecule has 5 nitrogen and oxygen atoms in total. The summed E-state index contributed by atoms with van der Waals surface area (Å²) in [5, 5.41) is 3.18. The fraction of sp³-hybridized carbons (Fsp3) is 0.308. The molecule has 3 aromatic rings. The summed E-state index contributed by atoms with van der Waals surface area (Å²) >= 11 is 0. The second kappa shape index (κ2) is 10.6. The summed E-state index contributed by atoms with van der Waals surface area (Å²) in [7, 11) is 1.52. The van der Waals surface area contributed by atoms with Crippen LogP contribution in [-0.2, 0) is 6.54 Å². The number of halogens is 3. The van der Waals surface area contributed by atoms with Crippen LogP contribution in [0.2, 0.25) is 0 Å². The van der Waals surface area contributed by atoms with Gasteiger partial charge in [0.2, 0.25) is 0 Å². The lowest BCUT2D eigenvalue weighted by atomic mass is 10.1. The molecule has 0 aliphatic carbocycles. The second-order valence-corrected chi connectivity index (χ2v) is 8.01. The Kier molecular flexibility index (Phi) is 7.81. The van der Waals surface area contributed by atoms with E-state index in [1.807, 2.05) is 31.2 Å². The van der Waals surface area contributed by atoms with Gasteiger partial charge in [-0.15, -0.1) is 0 Å². The minimum Gasteiger partial charge on any atom is -0.497 e. The van der Waals surface area contributed by atoms with E-state index in [4.69, 9.17) is 4.74 Å². The summed E-state index contributed by atoms with van der Waals surface area (Å²) in [5.41, 5.74) is 2.65. The van der Waals surface area contributed by atoms with E-state index in [-0.39, 0.29) is 17.8 Å². The molecule has 0 aliphatic rings. The Bertz CT molecular complexity index is 1160. The molecule has 0 saturated carbocycles. The SMILES string of the molecule is CCC(C)=C(N(c1cnc(NCc2ccccc2C)cn1)c1ccc(OC)cc1C)C(F)(F)F. The van der Waals surface area contributed by atoms with Gasteiger partial charge >= 0.3 is 6.18 Å². The fourth-order valence-electron chi connectivity index (χ4n) is 3.61. The predicted molar refractivity (Wildman–Crippen MR) is 129 cm³/mol. The smallest absolute Gasteiger partial charge is 0.431 e. The number of nitrogens with one attached hydrogen (secondary N) is 1. The van der Waals surface area contributed by atoms with Crippen LogP contribution in [0, 0.1) is 13.8 Å². The maximum atomic E-state index is 14.3. The molecule has 0 saturated heterocycles. The highest BCUT2D eigenvalue weighted by Crippen LogP contribution is 2.41. The van der Waals surface area contributed by atoms with Gasteiger partial charge in [0, 0.05) is 6.54 Å². The van der Waals surface area contributed by atoms with Crippen LogP contribution in [0.15, 0.2) is 66.1 Å². The van der Waals surface area contributed by atoms with Gasteiger partial charge in [0.05, 0.1) is 25.2 Å². The molecule has 1 aromatic heterocycles. The first-order valence-corrected chi connectivity index (χ1v) is 11.0. The first-order valence-electron chi connectivity index (χ1n) is 11.0. The summed E-state index contributed by atoms with van der Waals surface area (Å²) in [6, 6.07) is 12.9. The number of benzene rings is 2. The van der Waals surface area contributed by atoms with Crippen LogP contribution in [0.25, 0.3) is 0 Å². The van der Waals surface area contributed by atoms with Crippen molar-refractivity contribution >= 4 is 17.3 Å². The first-order chi connectivity index (χ1) is 16.2. The Morgan fingerprint density at radius 1 is 1.03 bits per heavy atom. The molecule has 0 fully saturated rings. The summed E-state index contributed by atoms with van der Waals surface area (Å²) in [5.74, 6) is 1.12. The van der Waals surface area contributed by atoms with E-state index in [2.05, 4.69) is 15.3 Å². The van der Waals surface area contributed by atoms with Crippen molar-refractivity contribution in [2.24, 2.45) is 0 Å². The van der Waals surface area contributed by atoms with E-state index in [1.54, 1.807) is 32.0 Å². The third-order valence-corrected chi connectivity index (χ3v) is 5.66. The maximum Gasteiger partial charge on any atom is 0.431 e. The molecule has 0 atom stereocenters. The quantitative estimate of drug-likeness (QED) is 0.381. The number of ether oxygens (including phenoxy) is 1. The van der Waals surface area contributed by atoms with Crippen LogP contribution in [0.4, 0.5) is 30.5 Å². The summed E-state index contributed by atoms with van der Waals surface area (Å²) < 4.78 is 48.1. The molecule has 0 bridgehead atoms. The Labute approximate surface area is 198 Å². The molecule has 3 rings (SSSR count). The topological polar surface area (TPSA) is 50.3 Å². The second-order valence-electron chi connectivity index (χ2n) is 8.01. The Hall–Kier alpha value is -3.55. The number of methoxy groups -OCH3 is 1. The molecule has 0 amide bonds. The molecule has 0 radical (unpaired) electrons. The van der Waals surface area contributed by atoms with Gasteiger partial charge in [-0.2, -0.15) is 13.2 Å². The van der Waals surface area contributed by atoms with Crippen molar-refractivity contribution in [2.75, 3.05) is 17.3 Å². The van der Waals surface area contributed by atoms with Crippen molar-refractivity contribution in [1.82, 2.24) is 9.97 Å². The van der Waals surface area contributed by atoms with E-state index < -0.39 is 11.9 Å². The van der Waals surface area contributed by atoms with Crippen molar-refractivity contribution in [3.05, 3.63) is 82.8 Å². The van der Waals surface area contributed by atoms with Crippen LogP contribution < -0.4 is 15.0 Å². The van der Waals surface area contributed by atoms with Crippen LogP contribution in [0.1, 0.15) is 37.0 Å². The molecule has 8 heteroatoms. The third-order valence-electron chi connectivity index (χ3n) is 5.66. The number of rotatable bonds is 8. The largest absolute Gasteiger partial charge is 0.497 e. The average Bonchev–Trinajstić information content (AvgIpc) is 2.81. The number of aryl methyl sites for hydroxylation is 2. The van der Waals surface area contributed by atoms with Crippen LogP contribution in [-0.4, -0.2) is 23.3 Å². The van der Waals surface area contributed by atoms with Gasteiger partial charge in [-0.1, -0.05) is 31.2 Å². The molecule has 0 unspecified atom stereocenters. The molecule has 1 heterocycles. The Morgan fingerprint density at radius 3 is 2.32 bits per heavy atom. The van der Waals surface area contributed by atoms with Crippen molar-refractivity contribution in [1.29, 1.82) is 0 Å². The highest BCUT2D eigenvalue weighted by Gasteiger charge is 2.41. The Balaban J connectivity index is 2.02. The van der Waals surface area contributed by atoms with Gasteiger partial charge in [0.15, 0.2) is 5.82 Å². The van der Waals surface area contributed by atoms with Crippen LogP contribution in [0.5, 0.6) is 5.75 Å². The van der Waals surface area contributed by atoms with E-state index in [9.17, 15) is 13.2 Å². The zero-order chi connectivity index (χ0) is 24.9. The molecule has 1 N–H and O–H groups in total. The minimum atomic E-state index is -4.59. The van der Waals surface area contributed by atoms with E-state index >= 15 is 0 Å². The van der Waals surface area contributed by atoms with Gasteiger partial charge < -0.3 is 10.1 Å². The highest BCUT2D eigenvalue weighted by molar-refractivity contribution is 5.70. The summed E-state index contributed by atoms with van der Waals surface area (Å²) in [4.78, 5) is 9.84. The van der Waals surface area contributed by atoms with Gasteiger partial charge in [0.25, 0.3) is 0 Å². The van der Waals surface area contributed by atoms with Crippen molar-refractivity contribution in [3.63, 3.8) is 0 Å². The molecular formula is C26H29F3N4O. The lowest BCUT2D eigenvalue weighted by Crippen LogP contribution is -2.30. The Morgan fingerprint density at radius 2 is 1.76 bits per heavy atom. The fourth-order valence-corrected chi connectivity index (χ4v) is 3.61. The van der Waals surface area contributed by atoms with E-state index in [1.165, 1.54) is 26.4 Å². The number of allylic oxidation sites excluding steroid dienone is 2. The standard InChI is InChI=1S/C26H29F3N4O/c1-6-17(2)25(26(27,28)29)33(22-12-11-21(34-5)13-19(22)4)24-16-31-23(15-32-24)30-14-20-10-8-7-9-18(20)3/h7-13,15-16H,6,14H2,1-5H3,(H,30,31). The summed E-state index contributed by atoms with van der Waals surface area (Å²) in [6.07, 6.45) is -1.53. The number of hydrogen-bond acceptors (Lipinski definition) is 5. The normalized spacial score (nSPS) is 12.2. The molecule has 0 spiro atoms. The van der Waals surface area contributed by atoms with Crippen LogP contribution in [0.3, 0.4) is 0 Å². The number of alkyl halides is 3. The van der Waals surface area contributed by atoms with Crippen molar-refractivity contribution in [3.8, 4) is 5.75 Å². The molecule has 0 aliphatic heterocycles. The summed E-state index contributed by atoms with van der Waals surface area (Å²) in [6.45, 7) is 7.48. The van der Waals surface area contributed by atoms with E-state index in [0.29, 0.717) is 29.4 Å². The number of hydrogen-bond donors (Lipinski definition) is 1. The molecule has 34 heavy (non-hydrogen) atoms. The maximum absolute atomic E-state index is 14.3. The molecular weight excluding hydrogens is 441 g/mol. The number of anilines is 3.